The molecule has 0 saturated carbocycles. The zero-order valence-corrected chi connectivity index (χ0v) is 28.8. The highest BCUT2D eigenvalue weighted by Gasteiger charge is 2.20. The minimum atomic E-state index is 0.146. The summed E-state index contributed by atoms with van der Waals surface area (Å²) in [6.07, 6.45) is 6.51. The predicted octanol–water partition coefficient (Wildman–Crippen LogP) is 9.01. The smallest absolute Gasteiger partial charge is 0.0693 e. The minimum Gasteiger partial charge on any atom is -0.396 e. The lowest BCUT2D eigenvalue weighted by molar-refractivity contribution is 0.290. The second kappa shape index (κ2) is 13.9. The van der Waals surface area contributed by atoms with Crippen molar-refractivity contribution in [2.45, 2.75) is 92.9 Å². The number of H-pyrrole nitrogens is 3. The maximum atomic E-state index is 9.76. The molecule has 0 aromatic carbocycles. The van der Waals surface area contributed by atoms with Crippen LogP contribution in [0.2, 0.25) is 0 Å². The standard InChI is InChI=1S/C40H49N5O2/c1-7-25-17-39-40-18-26(8-2)34(44-40)20-32-24(6)30(14-12-16-47)38(42-32)22-36-28(10-4)27(9-3)35(45-36)21-37-29(13-11-15-46)23(5)31(41-37)19-33(25)43-39/h17-22,43-47H,7-16H2,1-6H3. The molecular formula is C40H49N5O2. The molecule has 2 aliphatic heterocycles. The Balaban J connectivity index is 1.78. The molecule has 5 N–H and O–H groups in total. The van der Waals surface area contributed by atoms with Crippen LogP contribution in [-0.4, -0.2) is 48.3 Å². The summed E-state index contributed by atoms with van der Waals surface area (Å²) in [4.78, 5) is 21.7. The molecule has 246 valence electrons. The zero-order chi connectivity index (χ0) is 33.2. The molecule has 0 atom stereocenters. The van der Waals surface area contributed by atoms with Crippen molar-refractivity contribution in [1.82, 2.24) is 24.9 Å². The van der Waals surface area contributed by atoms with E-state index in [1.807, 2.05) is 0 Å². The number of rotatable bonds is 10. The lowest BCUT2D eigenvalue weighted by atomic mass is 10.00. The van der Waals surface area contributed by atoms with Crippen molar-refractivity contribution in [3.63, 3.8) is 0 Å². The van der Waals surface area contributed by atoms with Gasteiger partial charge in [0.1, 0.15) is 0 Å². The van der Waals surface area contributed by atoms with Crippen LogP contribution >= 0.6 is 0 Å². The number of hydrogen-bond donors (Lipinski definition) is 5. The monoisotopic (exact) mass is 631 g/mol. The van der Waals surface area contributed by atoms with Gasteiger partial charge in [-0.3, -0.25) is 0 Å². The van der Waals surface area contributed by atoms with Crippen molar-refractivity contribution in [3.05, 3.63) is 81.4 Å². The first-order valence-corrected chi connectivity index (χ1v) is 17.4. The molecule has 10 bridgehead atoms. The highest BCUT2D eigenvalue weighted by Crippen LogP contribution is 2.37. The van der Waals surface area contributed by atoms with E-state index in [-0.39, 0.29) is 13.2 Å². The molecule has 7 heteroatoms. The van der Waals surface area contributed by atoms with Crippen molar-refractivity contribution >= 4 is 55.4 Å². The number of allylic oxidation sites excluding steroid dienone is 4. The molecule has 6 rings (SSSR count). The number of aliphatic hydroxyl groups excluding tert-OH is 2. The van der Waals surface area contributed by atoms with E-state index in [0.717, 1.165) is 106 Å². The number of nitrogens with one attached hydrogen (secondary N) is 3. The van der Waals surface area contributed by atoms with E-state index < -0.39 is 0 Å². The molecule has 0 saturated heterocycles. The van der Waals surface area contributed by atoms with Gasteiger partial charge in [-0.2, -0.15) is 0 Å². The van der Waals surface area contributed by atoms with Gasteiger partial charge in [0, 0.05) is 35.3 Å². The fraction of sp³-hybridized carbons (Fsp3) is 0.400. The summed E-state index contributed by atoms with van der Waals surface area (Å²) in [6.45, 7) is 13.4. The van der Waals surface area contributed by atoms with Gasteiger partial charge in [-0.25, -0.2) is 9.97 Å². The van der Waals surface area contributed by atoms with E-state index in [1.54, 1.807) is 0 Å². The van der Waals surface area contributed by atoms with E-state index >= 15 is 0 Å². The first-order valence-electron chi connectivity index (χ1n) is 17.4. The van der Waals surface area contributed by atoms with Crippen molar-refractivity contribution in [2.75, 3.05) is 13.2 Å². The van der Waals surface area contributed by atoms with Gasteiger partial charge >= 0.3 is 0 Å². The Morgan fingerprint density at radius 1 is 0.489 bits per heavy atom. The topological polar surface area (TPSA) is 114 Å². The van der Waals surface area contributed by atoms with Crippen LogP contribution in [0, 0.1) is 0 Å². The zero-order valence-electron chi connectivity index (χ0n) is 28.8. The van der Waals surface area contributed by atoms with Gasteiger partial charge < -0.3 is 25.2 Å². The molecule has 0 amide bonds. The van der Waals surface area contributed by atoms with E-state index in [0.29, 0.717) is 12.8 Å². The number of aryl methyl sites for hydroxylation is 4. The number of aromatic nitrogens is 5. The number of nitrogens with zero attached hydrogens (tertiary/aromatic N) is 2. The molecule has 47 heavy (non-hydrogen) atoms. The van der Waals surface area contributed by atoms with Crippen LogP contribution < -0.4 is 0 Å². The SMILES string of the molecule is CCc1cc2[nH]c1cc1nc(cc3[nH]c(cc4nc(cc5[nH]c2cc5CC)C(C)=C4CCCO)c(CC)c3CC)C(CCCO)=C1C. The number of aromatic amines is 3. The second-order valence-electron chi connectivity index (χ2n) is 12.8. The summed E-state index contributed by atoms with van der Waals surface area (Å²) in [5.41, 5.74) is 20.0. The molecule has 0 aliphatic carbocycles. The highest BCUT2D eigenvalue weighted by molar-refractivity contribution is 5.95. The van der Waals surface area contributed by atoms with Crippen LogP contribution in [0.5, 0.6) is 0 Å². The van der Waals surface area contributed by atoms with Crippen LogP contribution in [-0.2, 0) is 25.7 Å². The summed E-state index contributed by atoms with van der Waals surface area (Å²) in [7, 11) is 0. The summed E-state index contributed by atoms with van der Waals surface area (Å²) in [5.74, 6) is 0. The van der Waals surface area contributed by atoms with E-state index in [9.17, 15) is 10.2 Å². The Hall–Kier alpha value is -4.20. The lowest BCUT2D eigenvalue weighted by Gasteiger charge is -2.03. The third-order valence-corrected chi connectivity index (χ3v) is 9.98. The summed E-state index contributed by atoms with van der Waals surface area (Å²) in [5, 5.41) is 19.5. The van der Waals surface area contributed by atoms with Gasteiger partial charge in [-0.1, -0.05) is 27.7 Å². The molecule has 7 nitrogen and oxygen atoms in total. The number of aliphatic hydroxyl groups is 2. The number of fused-ring (bicyclic) bond motifs is 11. The fourth-order valence-electron chi connectivity index (χ4n) is 7.30. The Morgan fingerprint density at radius 3 is 1.23 bits per heavy atom. The highest BCUT2D eigenvalue weighted by atomic mass is 16.3. The summed E-state index contributed by atoms with van der Waals surface area (Å²) in [6, 6.07) is 13.3. The van der Waals surface area contributed by atoms with Crippen LogP contribution in [0.1, 0.15) is 112 Å². The molecule has 4 aromatic rings. The van der Waals surface area contributed by atoms with Crippen molar-refractivity contribution in [1.29, 1.82) is 0 Å². The first-order chi connectivity index (χ1) is 22.8. The molecule has 0 fully saturated rings. The Labute approximate surface area is 277 Å². The fourth-order valence-corrected chi connectivity index (χ4v) is 7.30. The normalized spacial score (nSPS) is 13.4. The minimum absolute atomic E-state index is 0.146. The van der Waals surface area contributed by atoms with Crippen LogP contribution in [0.3, 0.4) is 0 Å². The summed E-state index contributed by atoms with van der Waals surface area (Å²) < 4.78 is 0. The first kappa shape index (κ1) is 32.7. The predicted molar refractivity (Wildman–Crippen MR) is 197 cm³/mol. The largest absolute Gasteiger partial charge is 0.396 e. The van der Waals surface area contributed by atoms with Gasteiger partial charge in [0.05, 0.1) is 33.8 Å². The average molecular weight is 632 g/mol. The summed E-state index contributed by atoms with van der Waals surface area (Å²) >= 11 is 0. The molecule has 6 heterocycles. The van der Waals surface area contributed by atoms with Gasteiger partial charge in [0.2, 0.25) is 0 Å². The van der Waals surface area contributed by atoms with Crippen molar-refractivity contribution in [2.24, 2.45) is 0 Å². The molecule has 2 aliphatic rings. The van der Waals surface area contributed by atoms with Gasteiger partial charge in [-0.15, -0.1) is 0 Å². The lowest BCUT2D eigenvalue weighted by Crippen LogP contribution is -1.89. The number of hydrogen-bond acceptors (Lipinski definition) is 4. The maximum Gasteiger partial charge on any atom is 0.0693 e. The molecule has 4 aromatic heterocycles. The molecule has 0 unspecified atom stereocenters. The van der Waals surface area contributed by atoms with Gasteiger partial charge in [-0.05, 0) is 146 Å². The van der Waals surface area contributed by atoms with Crippen molar-refractivity contribution < 1.29 is 10.2 Å². The molecule has 0 radical (unpaired) electrons. The van der Waals surface area contributed by atoms with Crippen LogP contribution in [0.25, 0.3) is 55.4 Å². The third-order valence-electron chi connectivity index (χ3n) is 9.98. The van der Waals surface area contributed by atoms with Gasteiger partial charge in [0.25, 0.3) is 0 Å². The maximum absolute atomic E-state index is 9.76. The quantitative estimate of drug-likeness (QED) is 0.120. The molecule has 0 spiro atoms. The van der Waals surface area contributed by atoms with Crippen LogP contribution in [0.4, 0.5) is 0 Å². The van der Waals surface area contributed by atoms with Crippen molar-refractivity contribution in [3.8, 4) is 0 Å². The van der Waals surface area contributed by atoms with E-state index in [2.05, 4.69) is 92.9 Å². The molecular weight excluding hydrogens is 582 g/mol. The van der Waals surface area contributed by atoms with E-state index in [1.165, 1.54) is 33.4 Å². The van der Waals surface area contributed by atoms with Gasteiger partial charge in [0.15, 0.2) is 0 Å². The Bertz CT molecular complexity index is 1940. The Kier molecular flexibility index (Phi) is 9.67. The second-order valence-corrected chi connectivity index (χ2v) is 12.8. The average Bonchev–Trinajstić information content (AvgIpc) is 3.87. The van der Waals surface area contributed by atoms with Crippen LogP contribution in [0.15, 0.2) is 36.4 Å². The van der Waals surface area contributed by atoms with E-state index in [4.69, 9.17) is 9.97 Å². The third kappa shape index (κ3) is 6.15. The Morgan fingerprint density at radius 2 is 0.872 bits per heavy atom.